The summed E-state index contributed by atoms with van der Waals surface area (Å²) in [6.45, 7) is 5.31. The molecule has 140 valence electrons. The maximum Gasteiger partial charge on any atom is 0.119 e. The van der Waals surface area contributed by atoms with Crippen molar-refractivity contribution in [2.45, 2.75) is 19.6 Å². The van der Waals surface area contributed by atoms with Gasteiger partial charge in [-0.25, -0.2) is 0 Å². The van der Waals surface area contributed by atoms with Crippen LogP contribution in [0.4, 0.5) is 0 Å². The fourth-order valence-electron chi connectivity index (χ4n) is 3.69. The van der Waals surface area contributed by atoms with Crippen LogP contribution in [-0.2, 0) is 11.3 Å². The molecule has 0 bridgehead atoms. The summed E-state index contributed by atoms with van der Waals surface area (Å²) in [4.78, 5) is 2.41. The zero-order chi connectivity index (χ0) is 18.8. The molecule has 0 aromatic heterocycles. The van der Waals surface area contributed by atoms with Crippen LogP contribution in [0.1, 0.15) is 22.8 Å². The Bertz CT molecular complexity index is 954. The lowest BCUT2D eigenvalue weighted by Crippen LogP contribution is -2.37. The number of benzene rings is 3. The van der Waals surface area contributed by atoms with E-state index in [1.54, 1.807) is 13.2 Å². The van der Waals surface area contributed by atoms with Gasteiger partial charge in [-0.15, -0.1) is 0 Å². The number of aryl methyl sites for hydroxylation is 1. The number of aromatic hydroxyl groups is 1. The number of nitrogens with zero attached hydrogens (tertiary/aromatic N) is 1. The van der Waals surface area contributed by atoms with Crippen LogP contribution in [0.3, 0.4) is 0 Å². The van der Waals surface area contributed by atoms with Crippen molar-refractivity contribution in [3.05, 3.63) is 71.3 Å². The molecule has 4 nitrogen and oxygen atoms in total. The van der Waals surface area contributed by atoms with Crippen LogP contribution >= 0.6 is 0 Å². The smallest absolute Gasteiger partial charge is 0.119 e. The predicted octanol–water partition coefficient (Wildman–Crippen LogP) is 4.44. The van der Waals surface area contributed by atoms with Gasteiger partial charge in [0.05, 0.1) is 19.8 Å². The Balaban J connectivity index is 1.50. The third-order valence-corrected chi connectivity index (χ3v) is 5.26. The fourth-order valence-corrected chi connectivity index (χ4v) is 3.69. The minimum atomic E-state index is 0.0727. The highest BCUT2D eigenvalue weighted by Crippen LogP contribution is 2.28. The van der Waals surface area contributed by atoms with Gasteiger partial charge in [0.15, 0.2) is 0 Å². The highest BCUT2D eigenvalue weighted by molar-refractivity contribution is 5.84. The molecule has 27 heavy (non-hydrogen) atoms. The van der Waals surface area contributed by atoms with E-state index < -0.39 is 0 Å². The van der Waals surface area contributed by atoms with Crippen molar-refractivity contribution >= 4 is 10.8 Å². The number of phenolic OH excluding ortho intramolecular Hbond substituents is 1. The van der Waals surface area contributed by atoms with Gasteiger partial charge in [-0.2, -0.15) is 0 Å². The zero-order valence-corrected chi connectivity index (χ0v) is 15.8. The van der Waals surface area contributed by atoms with Crippen molar-refractivity contribution in [3.8, 4) is 11.5 Å². The van der Waals surface area contributed by atoms with E-state index in [4.69, 9.17) is 9.47 Å². The quantitative estimate of drug-likeness (QED) is 0.744. The summed E-state index contributed by atoms with van der Waals surface area (Å²) in [5, 5.41) is 12.1. The first kappa shape index (κ1) is 17.8. The Kier molecular flexibility index (Phi) is 5.01. The summed E-state index contributed by atoms with van der Waals surface area (Å²) in [5.41, 5.74) is 3.35. The van der Waals surface area contributed by atoms with E-state index in [0.29, 0.717) is 5.75 Å². The summed E-state index contributed by atoms with van der Waals surface area (Å²) < 4.78 is 11.4. The molecule has 4 heteroatoms. The third-order valence-electron chi connectivity index (χ3n) is 5.26. The maximum atomic E-state index is 9.72. The molecular weight excluding hydrogens is 338 g/mol. The first-order chi connectivity index (χ1) is 13.1. The first-order valence-corrected chi connectivity index (χ1v) is 9.32. The summed E-state index contributed by atoms with van der Waals surface area (Å²) in [6, 6.07) is 18.5. The van der Waals surface area contributed by atoms with Crippen molar-refractivity contribution in [1.29, 1.82) is 0 Å². The van der Waals surface area contributed by atoms with E-state index in [9.17, 15) is 5.11 Å². The molecule has 4 rings (SSSR count). The van der Waals surface area contributed by atoms with Crippen molar-refractivity contribution in [1.82, 2.24) is 4.90 Å². The lowest BCUT2D eigenvalue weighted by atomic mass is 10.0. The van der Waals surface area contributed by atoms with Crippen molar-refractivity contribution in [2.24, 2.45) is 0 Å². The van der Waals surface area contributed by atoms with Gasteiger partial charge >= 0.3 is 0 Å². The topological polar surface area (TPSA) is 41.9 Å². The van der Waals surface area contributed by atoms with Gasteiger partial charge < -0.3 is 14.6 Å². The van der Waals surface area contributed by atoms with Crippen LogP contribution in [0.2, 0.25) is 0 Å². The molecule has 1 aliphatic rings. The van der Waals surface area contributed by atoms with Gasteiger partial charge in [-0.05, 0) is 58.7 Å². The first-order valence-electron chi connectivity index (χ1n) is 9.32. The van der Waals surface area contributed by atoms with E-state index in [2.05, 4.69) is 41.3 Å². The Morgan fingerprint density at radius 1 is 1.07 bits per heavy atom. The number of methoxy groups -OCH3 is 1. The molecule has 1 heterocycles. The van der Waals surface area contributed by atoms with Gasteiger partial charge in [0.2, 0.25) is 0 Å². The van der Waals surface area contributed by atoms with Gasteiger partial charge in [0.25, 0.3) is 0 Å². The molecule has 1 fully saturated rings. The largest absolute Gasteiger partial charge is 0.508 e. The third kappa shape index (κ3) is 3.92. The van der Waals surface area contributed by atoms with Crippen molar-refractivity contribution in [2.75, 3.05) is 26.8 Å². The van der Waals surface area contributed by atoms with E-state index >= 15 is 0 Å². The molecular formula is C23H25NO3. The van der Waals surface area contributed by atoms with Gasteiger partial charge in [0, 0.05) is 19.6 Å². The number of hydrogen-bond acceptors (Lipinski definition) is 4. The van der Waals surface area contributed by atoms with Crippen LogP contribution < -0.4 is 4.74 Å². The lowest BCUT2D eigenvalue weighted by molar-refractivity contribution is -0.0328. The average Bonchev–Trinajstić information content (AvgIpc) is 2.70. The molecule has 1 unspecified atom stereocenters. The number of phenols is 1. The second kappa shape index (κ2) is 7.59. The Labute approximate surface area is 160 Å². The molecule has 0 saturated carbocycles. The van der Waals surface area contributed by atoms with Crippen molar-refractivity contribution < 1.29 is 14.6 Å². The van der Waals surface area contributed by atoms with Crippen LogP contribution in [0.25, 0.3) is 10.8 Å². The number of fused-ring (bicyclic) bond motifs is 1. The molecule has 1 aliphatic heterocycles. The number of hydrogen-bond donors (Lipinski definition) is 1. The SMILES string of the molecule is COc1ccc2cc(C3CN(Cc4ccc(O)c(C)c4)CCO3)ccc2c1. The van der Waals surface area contributed by atoms with Crippen LogP contribution in [0.5, 0.6) is 11.5 Å². The second-order valence-corrected chi connectivity index (χ2v) is 7.19. The maximum absolute atomic E-state index is 9.72. The number of morpholine rings is 1. The number of ether oxygens (including phenoxy) is 2. The van der Waals surface area contributed by atoms with Crippen LogP contribution in [0, 0.1) is 6.92 Å². The summed E-state index contributed by atoms with van der Waals surface area (Å²) >= 11 is 0. The normalized spacial score (nSPS) is 17.9. The van der Waals surface area contributed by atoms with E-state index in [0.717, 1.165) is 37.6 Å². The molecule has 0 radical (unpaired) electrons. The molecule has 3 aromatic rings. The monoisotopic (exact) mass is 363 g/mol. The highest BCUT2D eigenvalue weighted by Gasteiger charge is 2.22. The minimum absolute atomic E-state index is 0.0727. The average molecular weight is 363 g/mol. The molecule has 0 aliphatic carbocycles. The van der Waals surface area contributed by atoms with Crippen LogP contribution in [-0.4, -0.2) is 36.8 Å². The summed E-state index contributed by atoms with van der Waals surface area (Å²) in [6.07, 6.45) is 0.0727. The molecule has 1 saturated heterocycles. The summed E-state index contributed by atoms with van der Waals surface area (Å²) in [5.74, 6) is 1.23. The molecule has 3 aromatic carbocycles. The van der Waals surface area contributed by atoms with E-state index in [1.165, 1.54) is 21.9 Å². The highest BCUT2D eigenvalue weighted by atomic mass is 16.5. The van der Waals surface area contributed by atoms with Crippen molar-refractivity contribution in [3.63, 3.8) is 0 Å². The predicted molar refractivity (Wildman–Crippen MR) is 107 cm³/mol. The van der Waals surface area contributed by atoms with Crippen LogP contribution in [0.15, 0.2) is 54.6 Å². The fraction of sp³-hybridized carbons (Fsp3) is 0.304. The van der Waals surface area contributed by atoms with Gasteiger partial charge in [-0.1, -0.05) is 30.3 Å². The second-order valence-electron chi connectivity index (χ2n) is 7.19. The molecule has 1 N–H and O–H groups in total. The lowest BCUT2D eigenvalue weighted by Gasteiger charge is -2.33. The van der Waals surface area contributed by atoms with Gasteiger partial charge in [-0.3, -0.25) is 4.90 Å². The Morgan fingerprint density at radius 3 is 2.70 bits per heavy atom. The standard InChI is InChI=1S/C23H25NO3/c1-16-11-17(3-8-22(16)25)14-24-9-10-27-23(15-24)20-5-4-19-13-21(26-2)7-6-18(19)12-20/h3-8,11-13,23,25H,9-10,14-15H2,1-2H3. The molecule has 0 amide bonds. The Morgan fingerprint density at radius 2 is 1.89 bits per heavy atom. The number of rotatable bonds is 4. The molecule has 0 spiro atoms. The Hall–Kier alpha value is -2.56. The zero-order valence-electron chi connectivity index (χ0n) is 15.8. The van der Waals surface area contributed by atoms with E-state index in [1.807, 2.05) is 19.1 Å². The molecule has 1 atom stereocenters. The minimum Gasteiger partial charge on any atom is -0.508 e. The van der Waals surface area contributed by atoms with E-state index in [-0.39, 0.29) is 6.10 Å². The van der Waals surface area contributed by atoms with Gasteiger partial charge in [0.1, 0.15) is 11.5 Å². The summed E-state index contributed by atoms with van der Waals surface area (Å²) in [7, 11) is 1.69.